The molecule has 6 heteroatoms. The zero-order chi connectivity index (χ0) is 12.5. The van der Waals surface area contributed by atoms with Crippen LogP contribution in [0, 0.1) is 0 Å². The standard InChI is InChI=1S/C12H16BrN3OS/c13-10-7-11(16-12(15-10)8-1-2-8)14-9-3-5-18(17)6-4-9/h7-9H,1-6H2,(H,14,15,16). The highest BCUT2D eigenvalue weighted by molar-refractivity contribution is 9.10. The van der Waals surface area contributed by atoms with E-state index in [1.54, 1.807) is 0 Å². The average molecular weight is 330 g/mol. The molecule has 0 bridgehead atoms. The molecule has 0 spiro atoms. The number of aromatic nitrogens is 2. The Kier molecular flexibility index (Phi) is 3.66. The Labute approximate surface area is 118 Å². The molecule has 4 nitrogen and oxygen atoms in total. The Balaban J connectivity index is 1.69. The number of nitrogens with zero attached hydrogens (tertiary/aromatic N) is 2. The SMILES string of the molecule is O=S1CCC(Nc2cc(Br)nc(C3CC3)n2)CC1. The van der Waals surface area contributed by atoms with Gasteiger partial charge in [0.05, 0.1) is 0 Å². The molecular weight excluding hydrogens is 314 g/mol. The Hall–Kier alpha value is -0.490. The fourth-order valence-corrected chi connectivity index (χ4v) is 3.88. The fraction of sp³-hybridized carbons (Fsp3) is 0.667. The summed E-state index contributed by atoms with van der Waals surface area (Å²) in [5.41, 5.74) is 0. The van der Waals surface area contributed by atoms with E-state index in [1.807, 2.05) is 6.07 Å². The Morgan fingerprint density at radius 1 is 1.22 bits per heavy atom. The van der Waals surface area contributed by atoms with Crippen LogP contribution in [0.1, 0.15) is 37.4 Å². The molecule has 2 aliphatic rings. The molecule has 1 N–H and O–H groups in total. The van der Waals surface area contributed by atoms with Gasteiger partial charge >= 0.3 is 0 Å². The Bertz CT molecular complexity index is 468. The van der Waals surface area contributed by atoms with Crippen LogP contribution < -0.4 is 5.32 Å². The van der Waals surface area contributed by atoms with Crippen molar-refractivity contribution in [1.29, 1.82) is 0 Å². The Morgan fingerprint density at radius 3 is 2.61 bits per heavy atom. The third-order valence-corrected chi connectivity index (χ3v) is 5.18. The van der Waals surface area contributed by atoms with Crippen molar-refractivity contribution in [2.45, 2.75) is 37.6 Å². The highest BCUT2D eigenvalue weighted by Gasteiger charge is 2.27. The molecule has 18 heavy (non-hydrogen) atoms. The molecule has 1 aromatic rings. The van der Waals surface area contributed by atoms with Gasteiger partial charge in [0.15, 0.2) is 0 Å². The van der Waals surface area contributed by atoms with E-state index >= 15 is 0 Å². The van der Waals surface area contributed by atoms with E-state index in [2.05, 4.69) is 31.2 Å². The van der Waals surface area contributed by atoms with Crippen LogP contribution in [0.2, 0.25) is 0 Å². The van der Waals surface area contributed by atoms with Crippen LogP contribution in [-0.2, 0) is 10.8 Å². The molecule has 1 saturated carbocycles. The van der Waals surface area contributed by atoms with Crippen molar-refractivity contribution in [1.82, 2.24) is 9.97 Å². The average Bonchev–Trinajstić information content (AvgIpc) is 3.15. The van der Waals surface area contributed by atoms with Crippen molar-refractivity contribution < 1.29 is 4.21 Å². The van der Waals surface area contributed by atoms with Crippen molar-refractivity contribution in [3.05, 3.63) is 16.5 Å². The van der Waals surface area contributed by atoms with E-state index < -0.39 is 10.8 Å². The zero-order valence-corrected chi connectivity index (χ0v) is 12.5. The lowest BCUT2D eigenvalue weighted by molar-refractivity contribution is 0.622. The molecule has 1 aliphatic heterocycles. The number of hydrogen-bond donors (Lipinski definition) is 1. The van der Waals surface area contributed by atoms with Crippen LogP contribution in [-0.4, -0.2) is 31.7 Å². The summed E-state index contributed by atoms with van der Waals surface area (Å²) in [4.78, 5) is 9.00. The maximum Gasteiger partial charge on any atom is 0.135 e. The summed E-state index contributed by atoms with van der Waals surface area (Å²) in [5.74, 6) is 4.02. The first-order valence-electron chi connectivity index (χ1n) is 6.37. The predicted octanol–water partition coefficient (Wildman–Crippen LogP) is 2.44. The highest BCUT2D eigenvalue weighted by Crippen LogP contribution is 2.38. The third kappa shape index (κ3) is 3.09. The molecule has 1 aliphatic carbocycles. The highest BCUT2D eigenvalue weighted by atomic mass is 79.9. The van der Waals surface area contributed by atoms with Crippen molar-refractivity contribution >= 4 is 32.5 Å². The van der Waals surface area contributed by atoms with E-state index in [9.17, 15) is 4.21 Å². The van der Waals surface area contributed by atoms with Gasteiger partial charge in [-0.2, -0.15) is 0 Å². The maximum atomic E-state index is 11.3. The minimum Gasteiger partial charge on any atom is -0.367 e. The van der Waals surface area contributed by atoms with Gasteiger partial charge in [-0.3, -0.25) is 4.21 Å². The minimum absolute atomic E-state index is 0.400. The molecule has 0 unspecified atom stereocenters. The topological polar surface area (TPSA) is 54.9 Å². The summed E-state index contributed by atoms with van der Waals surface area (Å²) >= 11 is 3.44. The lowest BCUT2D eigenvalue weighted by Gasteiger charge is -2.23. The monoisotopic (exact) mass is 329 g/mol. The second-order valence-corrected chi connectivity index (χ2v) is 7.48. The second kappa shape index (κ2) is 5.25. The van der Waals surface area contributed by atoms with Gasteiger partial charge in [0.1, 0.15) is 16.2 Å². The smallest absolute Gasteiger partial charge is 0.135 e. The summed E-state index contributed by atoms with van der Waals surface area (Å²) in [6, 6.07) is 2.33. The summed E-state index contributed by atoms with van der Waals surface area (Å²) in [6.07, 6.45) is 4.34. The van der Waals surface area contributed by atoms with E-state index in [0.717, 1.165) is 40.6 Å². The molecule has 0 aromatic carbocycles. The van der Waals surface area contributed by atoms with Crippen LogP contribution in [0.5, 0.6) is 0 Å². The van der Waals surface area contributed by atoms with Crippen molar-refractivity contribution in [3.63, 3.8) is 0 Å². The molecule has 98 valence electrons. The van der Waals surface area contributed by atoms with Crippen LogP contribution in [0.25, 0.3) is 0 Å². The van der Waals surface area contributed by atoms with Crippen molar-refractivity contribution in [3.8, 4) is 0 Å². The maximum absolute atomic E-state index is 11.3. The van der Waals surface area contributed by atoms with Gasteiger partial charge in [-0.15, -0.1) is 0 Å². The molecule has 2 fully saturated rings. The molecule has 3 rings (SSSR count). The van der Waals surface area contributed by atoms with Gasteiger partial charge in [0, 0.05) is 40.3 Å². The lowest BCUT2D eigenvalue weighted by Crippen LogP contribution is -2.29. The van der Waals surface area contributed by atoms with Crippen molar-refractivity contribution in [2.75, 3.05) is 16.8 Å². The predicted molar refractivity (Wildman–Crippen MR) is 76.2 cm³/mol. The number of nitrogens with one attached hydrogen (secondary N) is 1. The summed E-state index contributed by atoms with van der Waals surface area (Å²) in [6.45, 7) is 0. The molecule has 0 radical (unpaired) electrons. The normalized spacial score (nSPS) is 28.1. The quantitative estimate of drug-likeness (QED) is 0.865. The van der Waals surface area contributed by atoms with Crippen LogP contribution in [0.4, 0.5) is 5.82 Å². The van der Waals surface area contributed by atoms with E-state index in [-0.39, 0.29) is 0 Å². The van der Waals surface area contributed by atoms with Crippen LogP contribution in [0.3, 0.4) is 0 Å². The van der Waals surface area contributed by atoms with Gasteiger partial charge in [-0.05, 0) is 41.6 Å². The van der Waals surface area contributed by atoms with E-state index in [1.165, 1.54) is 12.8 Å². The first-order chi connectivity index (χ1) is 8.70. The number of rotatable bonds is 3. The molecule has 1 aromatic heterocycles. The summed E-state index contributed by atoms with van der Waals surface area (Å²) in [7, 11) is -0.607. The van der Waals surface area contributed by atoms with Gasteiger partial charge in [0.25, 0.3) is 0 Å². The van der Waals surface area contributed by atoms with E-state index in [4.69, 9.17) is 0 Å². The molecule has 0 amide bonds. The number of anilines is 1. The summed E-state index contributed by atoms with van der Waals surface area (Å²) < 4.78 is 12.2. The Morgan fingerprint density at radius 2 is 1.94 bits per heavy atom. The van der Waals surface area contributed by atoms with Crippen LogP contribution in [0.15, 0.2) is 10.7 Å². The summed E-state index contributed by atoms with van der Waals surface area (Å²) in [5, 5.41) is 3.45. The minimum atomic E-state index is -0.607. The molecule has 1 saturated heterocycles. The fourth-order valence-electron chi connectivity index (χ4n) is 2.18. The van der Waals surface area contributed by atoms with Crippen molar-refractivity contribution in [2.24, 2.45) is 0 Å². The zero-order valence-electron chi connectivity index (χ0n) is 10.1. The molecular formula is C12H16BrN3OS. The lowest BCUT2D eigenvalue weighted by atomic mass is 10.1. The number of halogens is 1. The number of hydrogen-bond acceptors (Lipinski definition) is 4. The first kappa shape index (κ1) is 12.5. The van der Waals surface area contributed by atoms with Crippen LogP contribution >= 0.6 is 15.9 Å². The third-order valence-electron chi connectivity index (χ3n) is 3.39. The van der Waals surface area contributed by atoms with Gasteiger partial charge in [-0.1, -0.05) is 0 Å². The molecule has 0 atom stereocenters. The first-order valence-corrected chi connectivity index (χ1v) is 8.65. The second-order valence-electron chi connectivity index (χ2n) is 4.98. The largest absolute Gasteiger partial charge is 0.367 e. The molecule has 2 heterocycles. The van der Waals surface area contributed by atoms with Gasteiger partial charge in [0.2, 0.25) is 0 Å². The van der Waals surface area contributed by atoms with Gasteiger partial charge in [-0.25, -0.2) is 9.97 Å². The van der Waals surface area contributed by atoms with Gasteiger partial charge < -0.3 is 5.32 Å². The van der Waals surface area contributed by atoms with E-state index in [0.29, 0.717) is 12.0 Å².